The minimum Gasteiger partial charge on any atom is -0.389 e. The molecule has 0 saturated carbocycles. The molecule has 18 heavy (non-hydrogen) atoms. The van der Waals surface area contributed by atoms with Crippen LogP contribution in [0.2, 0.25) is 0 Å². The zero-order chi connectivity index (χ0) is 13.3. The lowest BCUT2D eigenvalue weighted by atomic mass is 10.3. The third-order valence-electron chi connectivity index (χ3n) is 2.43. The maximum absolute atomic E-state index is 12.9. The topological polar surface area (TPSA) is 30.9 Å². The van der Waals surface area contributed by atoms with Crippen LogP contribution in [0.25, 0.3) is 5.69 Å². The standard InChI is InChI=1S/C12H9F3N2S/c13-12(14,15)10-6-8(11(16)18)7-17(10)9-4-2-1-3-5-9/h1-7H,(H2,16,18). The van der Waals surface area contributed by atoms with Crippen molar-refractivity contribution < 1.29 is 13.2 Å². The molecule has 0 spiro atoms. The number of thiocarbonyl (C=S) groups is 1. The third-order valence-corrected chi connectivity index (χ3v) is 2.66. The second-order valence-electron chi connectivity index (χ2n) is 3.68. The predicted octanol–water partition coefficient (Wildman–Crippen LogP) is 3.13. The molecule has 0 aliphatic carbocycles. The summed E-state index contributed by atoms with van der Waals surface area (Å²) in [5, 5.41) is 0. The van der Waals surface area contributed by atoms with E-state index in [1.807, 2.05) is 0 Å². The fourth-order valence-corrected chi connectivity index (χ4v) is 1.73. The van der Waals surface area contributed by atoms with Gasteiger partial charge in [0.15, 0.2) is 0 Å². The number of hydrogen-bond acceptors (Lipinski definition) is 1. The predicted molar refractivity (Wildman–Crippen MR) is 66.7 cm³/mol. The summed E-state index contributed by atoms with van der Waals surface area (Å²) in [7, 11) is 0. The lowest BCUT2D eigenvalue weighted by Gasteiger charge is -2.11. The van der Waals surface area contributed by atoms with Crippen molar-refractivity contribution in [3.8, 4) is 5.69 Å². The Morgan fingerprint density at radius 1 is 1.17 bits per heavy atom. The summed E-state index contributed by atoms with van der Waals surface area (Å²) in [6, 6.07) is 9.17. The monoisotopic (exact) mass is 270 g/mol. The van der Waals surface area contributed by atoms with Crippen LogP contribution >= 0.6 is 12.2 Å². The van der Waals surface area contributed by atoms with Gasteiger partial charge in [-0.1, -0.05) is 30.4 Å². The fraction of sp³-hybridized carbons (Fsp3) is 0.0833. The van der Waals surface area contributed by atoms with Gasteiger partial charge in [-0.2, -0.15) is 13.2 Å². The highest BCUT2D eigenvalue weighted by molar-refractivity contribution is 7.80. The highest BCUT2D eigenvalue weighted by Crippen LogP contribution is 2.32. The van der Waals surface area contributed by atoms with Crippen molar-refractivity contribution in [2.75, 3.05) is 0 Å². The molecule has 0 unspecified atom stereocenters. The average molecular weight is 270 g/mol. The first-order chi connectivity index (χ1) is 8.39. The summed E-state index contributed by atoms with van der Waals surface area (Å²) < 4.78 is 39.8. The van der Waals surface area contributed by atoms with Crippen molar-refractivity contribution in [3.63, 3.8) is 0 Å². The van der Waals surface area contributed by atoms with E-state index >= 15 is 0 Å². The molecule has 0 saturated heterocycles. The number of hydrogen-bond donors (Lipinski definition) is 1. The second kappa shape index (κ2) is 4.45. The fourth-order valence-electron chi connectivity index (χ4n) is 1.62. The van der Waals surface area contributed by atoms with Crippen molar-refractivity contribution in [2.24, 2.45) is 5.73 Å². The Morgan fingerprint density at radius 2 is 1.78 bits per heavy atom. The van der Waals surface area contributed by atoms with E-state index in [0.29, 0.717) is 5.69 Å². The van der Waals surface area contributed by atoms with Gasteiger partial charge in [-0.15, -0.1) is 0 Å². The van der Waals surface area contributed by atoms with Gasteiger partial charge in [0.25, 0.3) is 0 Å². The number of nitrogens with zero attached hydrogens (tertiary/aromatic N) is 1. The molecular formula is C12H9F3N2S. The lowest BCUT2D eigenvalue weighted by molar-refractivity contribution is -0.142. The van der Waals surface area contributed by atoms with Gasteiger partial charge in [-0.25, -0.2) is 0 Å². The van der Waals surface area contributed by atoms with E-state index in [4.69, 9.17) is 18.0 Å². The zero-order valence-corrected chi connectivity index (χ0v) is 9.92. The van der Waals surface area contributed by atoms with Gasteiger partial charge in [-0.3, -0.25) is 0 Å². The molecular weight excluding hydrogens is 261 g/mol. The van der Waals surface area contributed by atoms with E-state index in [-0.39, 0.29) is 10.6 Å². The molecule has 94 valence electrons. The molecule has 1 heterocycles. The van der Waals surface area contributed by atoms with Crippen molar-refractivity contribution in [1.82, 2.24) is 4.57 Å². The molecule has 2 aromatic rings. The molecule has 0 atom stereocenters. The maximum atomic E-state index is 12.9. The molecule has 2 nitrogen and oxygen atoms in total. The first-order valence-corrected chi connectivity index (χ1v) is 5.45. The Morgan fingerprint density at radius 3 is 2.28 bits per heavy atom. The zero-order valence-electron chi connectivity index (χ0n) is 9.11. The number of rotatable bonds is 2. The Balaban J connectivity index is 2.62. The maximum Gasteiger partial charge on any atom is 0.431 e. The molecule has 6 heteroatoms. The molecule has 0 bridgehead atoms. The van der Waals surface area contributed by atoms with E-state index in [1.54, 1.807) is 30.3 Å². The van der Waals surface area contributed by atoms with Gasteiger partial charge in [0.1, 0.15) is 10.7 Å². The molecule has 1 aromatic carbocycles. The normalized spacial score (nSPS) is 11.5. The molecule has 0 aliphatic rings. The molecule has 0 amide bonds. The van der Waals surface area contributed by atoms with Gasteiger partial charge < -0.3 is 10.3 Å². The van der Waals surface area contributed by atoms with Crippen LogP contribution in [-0.4, -0.2) is 9.56 Å². The molecule has 0 radical (unpaired) electrons. The summed E-state index contributed by atoms with van der Waals surface area (Å²) in [4.78, 5) is -0.0600. The Bertz CT molecular complexity index is 573. The van der Waals surface area contributed by atoms with Crippen molar-refractivity contribution in [3.05, 3.63) is 53.9 Å². The number of nitrogens with two attached hydrogens (primary N) is 1. The van der Waals surface area contributed by atoms with E-state index in [1.165, 1.54) is 6.20 Å². The van der Waals surface area contributed by atoms with E-state index < -0.39 is 11.9 Å². The summed E-state index contributed by atoms with van der Waals surface area (Å²) in [5.74, 6) is 0. The Hall–Kier alpha value is -1.82. The lowest BCUT2D eigenvalue weighted by Crippen LogP contribution is -2.11. The Kier molecular flexibility index (Phi) is 3.13. The SMILES string of the molecule is NC(=S)c1cc(C(F)(F)F)n(-c2ccccc2)c1. The van der Waals surface area contributed by atoms with Crippen LogP contribution in [0.4, 0.5) is 13.2 Å². The van der Waals surface area contributed by atoms with Crippen molar-refractivity contribution in [1.29, 1.82) is 0 Å². The summed E-state index contributed by atoms with van der Waals surface area (Å²) in [5.41, 5.74) is 5.18. The third kappa shape index (κ3) is 2.38. The largest absolute Gasteiger partial charge is 0.431 e. The van der Waals surface area contributed by atoms with Crippen LogP contribution in [0.15, 0.2) is 42.6 Å². The van der Waals surface area contributed by atoms with Gasteiger partial charge in [-0.05, 0) is 18.2 Å². The molecule has 2 N–H and O–H groups in total. The minimum absolute atomic E-state index is 0.0600. The van der Waals surface area contributed by atoms with Crippen LogP contribution in [0, 0.1) is 0 Å². The van der Waals surface area contributed by atoms with Crippen molar-refractivity contribution >= 4 is 17.2 Å². The van der Waals surface area contributed by atoms with Gasteiger partial charge >= 0.3 is 6.18 Å². The highest BCUT2D eigenvalue weighted by Gasteiger charge is 2.35. The highest BCUT2D eigenvalue weighted by atomic mass is 32.1. The van der Waals surface area contributed by atoms with E-state index in [0.717, 1.165) is 10.6 Å². The van der Waals surface area contributed by atoms with Gasteiger partial charge in [0, 0.05) is 17.4 Å². The van der Waals surface area contributed by atoms with Crippen LogP contribution < -0.4 is 5.73 Å². The number of para-hydroxylation sites is 1. The van der Waals surface area contributed by atoms with E-state index in [2.05, 4.69) is 0 Å². The quantitative estimate of drug-likeness (QED) is 0.850. The average Bonchev–Trinajstić information content (AvgIpc) is 2.74. The molecule has 2 rings (SSSR count). The second-order valence-corrected chi connectivity index (χ2v) is 4.12. The van der Waals surface area contributed by atoms with Crippen LogP contribution in [0.3, 0.4) is 0 Å². The molecule has 1 aromatic heterocycles. The van der Waals surface area contributed by atoms with Gasteiger partial charge in [0.05, 0.1) is 0 Å². The van der Waals surface area contributed by atoms with Crippen LogP contribution in [0.1, 0.15) is 11.3 Å². The number of benzene rings is 1. The van der Waals surface area contributed by atoms with Crippen molar-refractivity contribution in [2.45, 2.75) is 6.18 Å². The summed E-state index contributed by atoms with van der Waals surface area (Å²) in [6.07, 6.45) is -3.17. The smallest absolute Gasteiger partial charge is 0.389 e. The molecule has 0 aliphatic heterocycles. The van der Waals surface area contributed by atoms with Gasteiger partial charge in [0.2, 0.25) is 0 Å². The first-order valence-electron chi connectivity index (χ1n) is 5.04. The number of aromatic nitrogens is 1. The number of alkyl halides is 3. The van der Waals surface area contributed by atoms with E-state index in [9.17, 15) is 13.2 Å². The summed E-state index contributed by atoms with van der Waals surface area (Å²) >= 11 is 4.70. The Labute approximate surface area is 107 Å². The van der Waals surface area contributed by atoms with Crippen LogP contribution in [-0.2, 0) is 6.18 Å². The number of halogens is 3. The summed E-state index contributed by atoms with van der Waals surface area (Å²) in [6.45, 7) is 0. The first kappa shape index (κ1) is 12.6. The van der Waals surface area contributed by atoms with Crippen LogP contribution in [0.5, 0.6) is 0 Å². The minimum atomic E-state index is -4.46. The molecule has 0 fully saturated rings.